The highest BCUT2D eigenvalue weighted by molar-refractivity contribution is 5.77. The van der Waals surface area contributed by atoms with Crippen LogP contribution in [0.1, 0.15) is 12.0 Å². The summed E-state index contributed by atoms with van der Waals surface area (Å²) in [5, 5.41) is 8.42. The summed E-state index contributed by atoms with van der Waals surface area (Å²) in [6, 6.07) is 11.9. The minimum Gasteiger partial charge on any atom is -0.368 e. The fourth-order valence-electron chi connectivity index (χ4n) is 1.42. The van der Waals surface area contributed by atoms with Crippen LogP contribution in [0.5, 0.6) is 0 Å². The Morgan fingerprint density at radius 2 is 2.16 bits per heavy atom. The first kappa shape index (κ1) is 14.9. The molecule has 0 aromatic heterocycles. The molecular formula is C15H18N2O2. The number of amides is 1. The smallest absolute Gasteiger partial charge is 0.248 e. The van der Waals surface area contributed by atoms with Gasteiger partial charge < -0.3 is 9.64 Å². The lowest BCUT2D eigenvalue weighted by atomic mass is 10.2. The third-order valence-electron chi connectivity index (χ3n) is 2.53. The van der Waals surface area contributed by atoms with Crippen LogP contribution in [0, 0.1) is 11.3 Å². The van der Waals surface area contributed by atoms with Crippen LogP contribution in [0.25, 0.3) is 6.08 Å². The number of likely N-dealkylation sites (N-methyl/N-ethyl adjacent to an activating group) is 1. The van der Waals surface area contributed by atoms with E-state index in [9.17, 15) is 4.79 Å². The van der Waals surface area contributed by atoms with E-state index in [1.165, 1.54) is 4.90 Å². The van der Waals surface area contributed by atoms with Crippen molar-refractivity contribution < 1.29 is 9.53 Å². The maximum absolute atomic E-state index is 11.5. The predicted molar refractivity (Wildman–Crippen MR) is 74.2 cm³/mol. The van der Waals surface area contributed by atoms with E-state index >= 15 is 0 Å². The maximum Gasteiger partial charge on any atom is 0.248 e. The molecule has 0 fully saturated rings. The summed E-state index contributed by atoms with van der Waals surface area (Å²) in [6.07, 6.45) is 4.16. The Balaban J connectivity index is 2.19. The second kappa shape index (κ2) is 8.90. The van der Waals surface area contributed by atoms with Gasteiger partial charge >= 0.3 is 0 Å². The van der Waals surface area contributed by atoms with E-state index in [-0.39, 0.29) is 12.5 Å². The second-order valence-corrected chi connectivity index (χ2v) is 4.05. The molecule has 1 aromatic rings. The van der Waals surface area contributed by atoms with Crippen LogP contribution in [-0.2, 0) is 9.53 Å². The molecule has 0 spiro atoms. The molecule has 1 amide bonds. The third kappa shape index (κ3) is 6.39. The molecule has 0 N–H and O–H groups in total. The SMILES string of the molecule is CN(CCC#N)C(=O)COC/C=C/c1ccccc1. The Bertz CT molecular complexity index is 449. The Kier molecular flexibility index (Phi) is 7.00. The molecule has 0 saturated heterocycles. The Labute approximate surface area is 113 Å². The summed E-state index contributed by atoms with van der Waals surface area (Å²) in [5.74, 6) is -0.108. The Morgan fingerprint density at radius 1 is 1.42 bits per heavy atom. The van der Waals surface area contributed by atoms with Gasteiger partial charge in [0.25, 0.3) is 0 Å². The van der Waals surface area contributed by atoms with E-state index in [2.05, 4.69) is 0 Å². The van der Waals surface area contributed by atoms with Gasteiger partial charge in [-0.15, -0.1) is 0 Å². The zero-order chi connectivity index (χ0) is 13.9. The standard InChI is InChI=1S/C15H18N2O2/c1-17(11-6-10-16)15(18)13-19-12-5-9-14-7-3-2-4-8-14/h2-5,7-9H,6,11-13H2,1H3/b9-5+. The summed E-state index contributed by atoms with van der Waals surface area (Å²) in [5.41, 5.74) is 1.10. The average molecular weight is 258 g/mol. The molecular weight excluding hydrogens is 240 g/mol. The molecule has 1 aromatic carbocycles. The monoisotopic (exact) mass is 258 g/mol. The summed E-state index contributed by atoms with van der Waals surface area (Å²) in [6.45, 7) is 0.881. The van der Waals surface area contributed by atoms with E-state index in [0.29, 0.717) is 19.6 Å². The highest BCUT2D eigenvalue weighted by Crippen LogP contribution is 2.00. The zero-order valence-corrected chi connectivity index (χ0v) is 11.1. The first-order valence-corrected chi connectivity index (χ1v) is 6.14. The summed E-state index contributed by atoms with van der Waals surface area (Å²) in [4.78, 5) is 13.1. The molecule has 1 rings (SSSR count). The molecule has 19 heavy (non-hydrogen) atoms. The molecule has 0 atom stereocenters. The number of benzene rings is 1. The number of rotatable bonds is 7. The molecule has 0 unspecified atom stereocenters. The van der Waals surface area contributed by atoms with E-state index < -0.39 is 0 Å². The van der Waals surface area contributed by atoms with E-state index in [4.69, 9.17) is 10.00 Å². The molecule has 0 aliphatic heterocycles. The van der Waals surface area contributed by atoms with Crippen molar-refractivity contribution >= 4 is 12.0 Å². The number of ether oxygens (including phenoxy) is 1. The maximum atomic E-state index is 11.5. The van der Waals surface area contributed by atoms with Gasteiger partial charge in [-0.05, 0) is 5.56 Å². The minimum absolute atomic E-state index is 0.0427. The van der Waals surface area contributed by atoms with Crippen LogP contribution in [0.4, 0.5) is 0 Å². The van der Waals surface area contributed by atoms with Gasteiger partial charge in [0.15, 0.2) is 0 Å². The van der Waals surface area contributed by atoms with Crippen LogP contribution < -0.4 is 0 Å². The van der Waals surface area contributed by atoms with Crippen molar-refractivity contribution in [2.24, 2.45) is 0 Å². The van der Waals surface area contributed by atoms with E-state index in [0.717, 1.165) is 5.56 Å². The van der Waals surface area contributed by atoms with Crippen molar-refractivity contribution in [3.63, 3.8) is 0 Å². The summed E-state index contributed by atoms with van der Waals surface area (Å²) >= 11 is 0. The van der Waals surface area contributed by atoms with Gasteiger partial charge in [0, 0.05) is 13.6 Å². The molecule has 0 radical (unpaired) electrons. The second-order valence-electron chi connectivity index (χ2n) is 4.05. The van der Waals surface area contributed by atoms with Gasteiger partial charge in [0.05, 0.1) is 19.1 Å². The predicted octanol–water partition coefficient (Wildman–Crippen LogP) is 2.09. The summed E-state index contributed by atoms with van der Waals surface area (Å²) < 4.78 is 5.26. The van der Waals surface area contributed by atoms with Crippen LogP contribution in [0.3, 0.4) is 0 Å². The molecule has 100 valence electrons. The van der Waals surface area contributed by atoms with Gasteiger partial charge in [-0.25, -0.2) is 0 Å². The van der Waals surface area contributed by atoms with Crippen LogP contribution in [0.15, 0.2) is 36.4 Å². The molecule has 4 nitrogen and oxygen atoms in total. The summed E-state index contributed by atoms with van der Waals surface area (Å²) in [7, 11) is 1.67. The van der Waals surface area contributed by atoms with Crippen LogP contribution >= 0.6 is 0 Å². The molecule has 0 bridgehead atoms. The van der Waals surface area contributed by atoms with Gasteiger partial charge in [-0.1, -0.05) is 42.5 Å². The number of nitrogens with zero attached hydrogens (tertiary/aromatic N) is 2. The quantitative estimate of drug-likeness (QED) is 0.704. The molecule has 0 aliphatic rings. The van der Waals surface area contributed by atoms with Crippen molar-refractivity contribution in [2.45, 2.75) is 6.42 Å². The van der Waals surface area contributed by atoms with Crippen molar-refractivity contribution in [1.29, 1.82) is 5.26 Å². The van der Waals surface area contributed by atoms with Gasteiger partial charge in [0.1, 0.15) is 6.61 Å². The van der Waals surface area contributed by atoms with Gasteiger partial charge in [-0.2, -0.15) is 5.26 Å². The van der Waals surface area contributed by atoms with Gasteiger partial charge in [0.2, 0.25) is 5.91 Å². The normalized spacial score (nSPS) is 10.3. The van der Waals surface area contributed by atoms with Crippen molar-refractivity contribution in [1.82, 2.24) is 4.90 Å². The fraction of sp³-hybridized carbons (Fsp3) is 0.333. The van der Waals surface area contributed by atoms with Crippen LogP contribution in [0.2, 0.25) is 0 Å². The largest absolute Gasteiger partial charge is 0.368 e. The first-order valence-electron chi connectivity index (χ1n) is 6.14. The van der Waals surface area contributed by atoms with Gasteiger partial charge in [-0.3, -0.25) is 4.79 Å². The van der Waals surface area contributed by atoms with Crippen molar-refractivity contribution in [3.05, 3.63) is 42.0 Å². The number of hydrogen-bond acceptors (Lipinski definition) is 3. The minimum atomic E-state index is -0.108. The van der Waals surface area contributed by atoms with E-state index in [1.54, 1.807) is 7.05 Å². The molecule has 4 heteroatoms. The number of carbonyl (C=O) groups is 1. The Hall–Kier alpha value is -2.12. The number of nitriles is 1. The third-order valence-corrected chi connectivity index (χ3v) is 2.53. The van der Waals surface area contributed by atoms with Crippen molar-refractivity contribution in [2.75, 3.05) is 26.8 Å². The first-order chi connectivity index (χ1) is 9.24. The fourth-order valence-corrected chi connectivity index (χ4v) is 1.42. The highest BCUT2D eigenvalue weighted by Gasteiger charge is 2.07. The number of carbonyl (C=O) groups excluding carboxylic acids is 1. The average Bonchev–Trinajstić information content (AvgIpc) is 2.45. The lowest BCUT2D eigenvalue weighted by molar-refractivity contribution is -0.134. The van der Waals surface area contributed by atoms with Crippen LogP contribution in [-0.4, -0.2) is 37.6 Å². The molecule has 0 saturated carbocycles. The lowest BCUT2D eigenvalue weighted by Crippen LogP contribution is -2.31. The van der Waals surface area contributed by atoms with E-state index in [1.807, 2.05) is 48.6 Å². The number of hydrogen-bond donors (Lipinski definition) is 0. The Morgan fingerprint density at radius 3 is 2.84 bits per heavy atom. The van der Waals surface area contributed by atoms with Crippen molar-refractivity contribution in [3.8, 4) is 6.07 Å². The zero-order valence-electron chi connectivity index (χ0n) is 11.1. The lowest BCUT2D eigenvalue weighted by Gasteiger charge is -2.14. The molecule has 0 heterocycles. The topological polar surface area (TPSA) is 53.3 Å². The molecule has 0 aliphatic carbocycles. The highest BCUT2D eigenvalue weighted by atomic mass is 16.5.